The quantitative estimate of drug-likeness (QED) is 0.208. The zero-order valence-corrected chi connectivity index (χ0v) is 16.7. The first-order valence-electron chi connectivity index (χ1n) is 7.10. The van der Waals surface area contributed by atoms with E-state index in [0.29, 0.717) is 56.3 Å². The van der Waals surface area contributed by atoms with Crippen LogP contribution in [-0.2, 0) is 28.4 Å². The molecule has 0 radical (unpaired) electrons. The van der Waals surface area contributed by atoms with Gasteiger partial charge in [0.25, 0.3) is 0 Å². The summed E-state index contributed by atoms with van der Waals surface area (Å²) in [6.45, 7) is 4.72. The summed E-state index contributed by atoms with van der Waals surface area (Å²) in [6.07, 6.45) is 0.612. The van der Waals surface area contributed by atoms with Gasteiger partial charge in [-0.05, 0) is 0 Å². The van der Waals surface area contributed by atoms with Gasteiger partial charge in [0.05, 0.1) is 49.9 Å². The van der Waals surface area contributed by atoms with E-state index in [1.807, 2.05) is 6.92 Å². The predicted octanol–water partition coefficient (Wildman–Crippen LogP) is 0.0307. The fourth-order valence-corrected chi connectivity index (χ4v) is 3.08. The van der Waals surface area contributed by atoms with E-state index < -0.39 is 10.3 Å². The molecule has 0 aliphatic heterocycles. The highest BCUT2D eigenvalue weighted by Gasteiger charge is 2.48. The summed E-state index contributed by atoms with van der Waals surface area (Å²) in [5, 5.41) is 0. The van der Waals surface area contributed by atoms with Crippen LogP contribution in [0.4, 0.5) is 0 Å². The maximum Gasteiger partial charge on any atom is 0.202 e. The van der Waals surface area contributed by atoms with Gasteiger partial charge in [-0.2, -0.15) is 0 Å². The van der Waals surface area contributed by atoms with Crippen molar-refractivity contribution in [2.75, 3.05) is 61.0 Å². The molecule has 1 unspecified atom stereocenters. The van der Waals surface area contributed by atoms with Crippen molar-refractivity contribution in [1.82, 2.24) is 0 Å². The fraction of sp³-hybridized carbons (Fsp3) is 1.00. The molecule has 0 bridgehead atoms. The molecule has 0 heterocycles. The van der Waals surface area contributed by atoms with Gasteiger partial charge in [-0.15, -0.1) is 12.6 Å². The van der Waals surface area contributed by atoms with E-state index in [1.165, 1.54) is 0 Å². The third-order valence-corrected chi connectivity index (χ3v) is 4.61. The number of hydrogen-bond donors (Lipinski definition) is 1. The Labute approximate surface area is 136 Å². The Hall–Kier alpha value is 0.327. The second-order valence-corrected chi connectivity index (χ2v) is 7.72. The molecule has 0 aliphatic rings. The summed E-state index contributed by atoms with van der Waals surface area (Å²) in [6, 6.07) is 0. The van der Waals surface area contributed by atoms with Crippen LogP contribution in [0.3, 0.4) is 0 Å². The van der Waals surface area contributed by atoms with Crippen molar-refractivity contribution in [1.29, 1.82) is 0 Å². The van der Waals surface area contributed by atoms with Crippen molar-refractivity contribution in [2.24, 2.45) is 0 Å². The van der Waals surface area contributed by atoms with E-state index in [-0.39, 0.29) is 0 Å². The van der Waals surface area contributed by atoms with Crippen molar-refractivity contribution in [3.63, 3.8) is 0 Å². The summed E-state index contributed by atoms with van der Waals surface area (Å²) in [5.74, 6) is -0.923. The van der Waals surface area contributed by atoms with Crippen LogP contribution in [0.2, 0.25) is 0 Å². The maximum absolute atomic E-state index is 5.95. The minimum atomic E-state index is -0.923. The highest BCUT2D eigenvalue weighted by Crippen LogP contribution is 2.35. The Bertz CT molecular complexity index is 245. The van der Waals surface area contributed by atoms with Crippen LogP contribution in [0, 0.1) is 0 Å². The Balaban J connectivity index is 4.84. The Morgan fingerprint density at radius 1 is 0.762 bits per heavy atom. The van der Waals surface area contributed by atoms with Gasteiger partial charge in [-0.3, -0.25) is 0 Å². The summed E-state index contributed by atoms with van der Waals surface area (Å²) < 4.78 is 32.1. The smallest absolute Gasteiger partial charge is 0.202 e. The molecule has 0 N–H and O–H groups in total. The van der Waals surface area contributed by atoms with Gasteiger partial charge >= 0.3 is 0 Å². The second kappa shape index (κ2) is 11.8. The molecule has 6 nitrogen and oxygen atoms in total. The molecular formula is C13H30O6SSi. The molecule has 8 heteroatoms. The molecule has 0 spiro atoms. The number of thiol groups is 1. The van der Waals surface area contributed by atoms with E-state index in [9.17, 15) is 0 Å². The van der Waals surface area contributed by atoms with Crippen molar-refractivity contribution >= 4 is 22.9 Å². The lowest BCUT2D eigenvalue weighted by Crippen LogP contribution is -2.57. The molecule has 0 amide bonds. The Morgan fingerprint density at radius 3 is 1.48 bits per heavy atom. The van der Waals surface area contributed by atoms with Gasteiger partial charge in [-0.25, -0.2) is 0 Å². The molecule has 128 valence electrons. The van der Waals surface area contributed by atoms with E-state index in [4.69, 9.17) is 28.4 Å². The second-order valence-electron chi connectivity index (χ2n) is 4.61. The van der Waals surface area contributed by atoms with Gasteiger partial charge in [0.2, 0.25) is 5.79 Å². The lowest BCUT2D eigenvalue weighted by atomic mass is 10.2. The summed E-state index contributed by atoms with van der Waals surface area (Å²) in [5.41, 5.74) is 0. The number of methoxy groups -OCH3 is 3. The van der Waals surface area contributed by atoms with E-state index >= 15 is 0 Å². The first kappa shape index (κ1) is 21.3. The SMILES string of the molecule is CCC(OCCOC)(OCCOC)C([SiH3])(S)OCCOC. The molecule has 0 fully saturated rings. The van der Waals surface area contributed by atoms with Gasteiger partial charge in [0, 0.05) is 27.8 Å². The largest absolute Gasteiger partial charge is 0.382 e. The maximum atomic E-state index is 5.95. The summed E-state index contributed by atoms with van der Waals surface area (Å²) in [7, 11) is 5.52. The summed E-state index contributed by atoms with van der Waals surface area (Å²) >= 11 is 4.68. The lowest BCUT2D eigenvalue weighted by molar-refractivity contribution is -0.290. The highest BCUT2D eigenvalue weighted by molar-refractivity contribution is 7.83. The molecule has 0 saturated carbocycles. The molecular weight excluding hydrogens is 312 g/mol. The Kier molecular flexibility index (Phi) is 12.0. The lowest BCUT2D eigenvalue weighted by Gasteiger charge is -2.44. The average Bonchev–Trinajstić information content (AvgIpc) is 2.46. The zero-order valence-electron chi connectivity index (χ0n) is 13.8. The average molecular weight is 343 g/mol. The van der Waals surface area contributed by atoms with Crippen molar-refractivity contribution in [3.05, 3.63) is 0 Å². The zero-order chi connectivity index (χ0) is 16.2. The molecule has 0 saturated heterocycles. The van der Waals surface area contributed by atoms with Crippen LogP contribution in [0.5, 0.6) is 0 Å². The van der Waals surface area contributed by atoms with Crippen LogP contribution in [0.15, 0.2) is 0 Å². The van der Waals surface area contributed by atoms with Crippen molar-refractivity contribution in [3.8, 4) is 0 Å². The van der Waals surface area contributed by atoms with Crippen LogP contribution >= 0.6 is 12.6 Å². The minimum absolute atomic E-state index is 0.412. The molecule has 0 aromatic heterocycles. The number of ether oxygens (including phenoxy) is 6. The molecule has 0 aliphatic carbocycles. The third-order valence-electron chi connectivity index (χ3n) is 3.09. The van der Waals surface area contributed by atoms with E-state index in [0.717, 1.165) is 0 Å². The standard InChI is InChI=1S/C13H30O6SSi/c1-5-12(17-9-6-14-2,18-10-7-15-3)13(20,21)19-11-8-16-4/h20H,5-11H2,1-4,21H3. The van der Waals surface area contributed by atoms with Gasteiger partial charge in [0.15, 0.2) is 0 Å². The van der Waals surface area contributed by atoms with Crippen molar-refractivity contribution < 1.29 is 28.4 Å². The molecule has 21 heavy (non-hydrogen) atoms. The minimum Gasteiger partial charge on any atom is -0.382 e. The van der Waals surface area contributed by atoms with Crippen LogP contribution in [-0.4, -0.2) is 81.6 Å². The number of hydrogen-bond acceptors (Lipinski definition) is 7. The van der Waals surface area contributed by atoms with Crippen LogP contribution in [0.1, 0.15) is 13.3 Å². The summed E-state index contributed by atoms with van der Waals surface area (Å²) in [4.78, 5) is 0. The number of rotatable bonds is 14. The molecule has 0 aromatic rings. The fourth-order valence-electron chi connectivity index (χ4n) is 1.86. The third kappa shape index (κ3) is 7.42. The van der Waals surface area contributed by atoms with Gasteiger partial charge in [0.1, 0.15) is 4.56 Å². The highest BCUT2D eigenvalue weighted by atomic mass is 32.1. The Morgan fingerprint density at radius 2 is 1.14 bits per heavy atom. The van der Waals surface area contributed by atoms with E-state index in [2.05, 4.69) is 12.6 Å². The molecule has 0 rings (SSSR count). The van der Waals surface area contributed by atoms with Crippen molar-refractivity contribution in [2.45, 2.75) is 23.7 Å². The van der Waals surface area contributed by atoms with Gasteiger partial charge in [-0.1, -0.05) is 6.92 Å². The van der Waals surface area contributed by atoms with E-state index in [1.54, 1.807) is 21.3 Å². The van der Waals surface area contributed by atoms with Crippen LogP contribution < -0.4 is 0 Å². The van der Waals surface area contributed by atoms with Crippen LogP contribution in [0.25, 0.3) is 0 Å². The topological polar surface area (TPSA) is 55.4 Å². The molecule has 0 aromatic carbocycles. The first-order chi connectivity index (χ1) is 9.99. The first-order valence-corrected chi connectivity index (χ1v) is 8.55. The molecule has 1 atom stereocenters. The monoisotopic (exact) mass is 342 g/mol. The predicted molar refractivity (Wildman–Crippen MR) is 88.2 cm³/mol. The normalized spacial score (nSPS) is 15.3. The van der Waals surface area contributed by atoms with Gasteiger partial charge < -0.3 is 28.4 Å².